The van der Waals surface area contributed by atoms with E-state index in [2.05, 4.69) is 10.6 Å². The number of hydrogen-bond acceptors (Lipinski definition) is 2. The Morgan fingerprint density at radius 2 is 1.87 bits per heavy atom. The molecular formula is C10H18N2O3. The lowest BCUT2D eigenvalue weighted by Gasteiger charge is -2.20. The molecule has 0 bridgehead atoms. The molecule has 0 saturated heterocycles. The minimum atomic E-state index is -0.999. The van der Waals surface area contributed by atoms with Gasteiger partial charge in [-0.2, -0.15) is 0 Å². The van der Waals surface area contributed by atoms with Gasteiger partial charge in [0.25, 0.3) is 0 Å². The normalized spacial score (nSPS) is 19.5. The van der Waals surface area contributed by atoms with Crippen molar-refractivity contribution in [3.05, 3.63) is 0 Å². The molecule has 0 unspecified atom stereocenters. The van der Waals surface area contributed by atoms with E-state index in [0.29, 0.717) is 0 Å². The van der Waals surface area contributed by atoms with Crippen molar-refractivity contribution >= 4 is 12.0 Å². The number of nitrogens with one attached hydrogen (secondary N) is 2. The van der Waals surface area contributed by atoms with E-state index in [0.717, 1.165) is 12.8 Å². The van der Waals surface area contributed by atoms with Crippen LogP contribution in [-0.4, -0.2) is 28.7 Å². The average Bonchev–Trinajstić information content (AvgIpc) is 2.78. The fraction of sp³-hybridized carbons (Fsp3) is 0.800. The lowest BCUT2D eigenvalue weighted by Crippen LogP contribution is -2.51. The summed E-state index contributed by atoms with van der Waals surface area (Å²) in [7, 11) is 0. The minimum Gasteiger partial charge on any atom is -0.480 e. The first-order valence-electron chi connectivity index (χ1n) is 5.15. The predicted octanol–water partition coefficient (Wildman–Crippen LogP) is 0.947. The molecule has 1 aliphatic carbocycles. The van der Waals surface area contributed by atoms with Gasteiger partial charge < -0.3 is 15.7 Å². The van der Waals surface area contributed by atoms with Crippen molar-refractivity contribution in [2.45, 2.75) is 45.2 Å². The van der Waals surface area contributed by atoms with Crippen LogP contribution in [-0.2, 0) is 4.79 Å². The van der Waals surface area contributed by atoms with Crippen LogP contribution in [0.3, 0.4) is 0 Å². The Morgan fingerprint density at radius 1 is 1.33 bits per heavy atom. The Hall–Kier alpha value is -1.26. The van der Waals surface area contributed by atoms with Gasteiger partial charge in [0, 0.05) is 5.54 Å². The smallest absolute Gasteiger partial charge is 0.326 e. The second kappa shape index (κ2) is 4.08. The van der Waals surface area contributed by atoms with Crippen LogP contribution < -0.4 is 10.6 Å². The number of rotatable bonds is 4. The van der Waals surface area contributed by atoms with Crippen molar-refractivity contribution in [2.24, 2.45) is 5.92 Å². The van der Waals surface area contributed by atoms with Crippen LogP contribution in [0.15, 0.2) is 0 Å². The monoisotopic (exact) mass is 214 g/mol. The number of amides is 2. The number of aliphatic carboxylic acids is 1. The molecule has 1 atom stereocenters. The SMILES string of the molecule is CC(C)[C@@H](NC(=O)NC1(C)CC1)C(=O)O. The molecule has 0 aromatic carbocycles. The molecule has 1 fully saturated rings. The number of carbonyl (C=O) groups is 2. The van der Waals surface area contributed by atoms with E-state index in [1.54, 1.807) is 13.8 Å². The maximum atomic E-state index is 11.4. The number of carboxylic acid groups (broad SMARTS) is 1. The maximum absolute atomic E-state index is 11.4. The highest BCUT2D eigenvalue weighted by Crippen LogP contribution is 2.34. The van der Waals surface area contributed by atoms with Crippen molar-refractivity contribution in [1.29, 1.82) is 0 Å². The Labute approximate surface area is 89.2 Å². The summed E-state index contributed by atoms with van der Waals surface area (Å²) in [5.41, 5.74) is -0.121. The topological polar surface area (TPSA) is 78.4 Å². The molecule has 0 aromatic rings. The second-order valence-electron chi connectivity index (χ2n) is 4.72. The van der Waals surface area contributed by atoms with Gasteiger partial charge in [-0.25, -0.2) is 9.59 Å². The first kappa shape index (κ1) is 11.8. The Kier molecular flexibility index (Phi) is 3.21. The summed E-state index contributed by atoms with van der Waals surface area (Å²) in [6.45, 7) is 5.47. The Morgan fingerprint density at radius 3 is 2.20 bits per heavy atom. The third-order valence-electron chi connectivity index (χ3n) is 2.63. The third kappa shape index (κ3) is 3.42. The zero-order chi connectivity index (χ0) is 11.6. The maximum Gasteiger partial charge on any atom is 0.326 e. The molecule has 0 spiro atoms. The lowest BCUT2D eigenvalue weighted by molar-refractivity contribution is -0.140. The second-order valence-corrected chi connectivity index (χ2v) is 4.72. The highest BCUT2D eigenvalue weighted by Gasteiger charge is 2.39. The van der Waals surface area contributed by atoms with Crippen molar-refractivity contribution in [3.8, 4) is 0 Å². The lowest BCUT2D eigenvalue weighted by atomic mass is 10.1. The molecule has 0 radical (unpaired) electrons. The number of carboxylic acids is 1. The van der Waals surface area contributed by atoms with E-state index in [-0.39, 0.29) is 11.5 Å². The van der Waals surface area contributed by atoms with E-state index in [1.165, 1.54) is 0 Å². The molecule has 0 aromatic heterocycles. The summed E-state index contributed by atoms with van der Waals surface area (Å²) in [6, 6.07) is -1.22. The van der Waals surface area contributed by atoms with Crippen LogP contribution >= 0.6 is 0 Å². The van der Waals surface area contributed by atoms with Gasteiger partial charge in [0.15, 0.2) is 0 Å². The van der Waals surface area contributed by atoms with E-state index >= 15 is 0 Å². The van der Waals surface area contributed by atoms with E-state index < -0.39 is 18.0 Å². The van der Waals surface area contributed by atoms with Crippen LogP contribution in [0.2, 0.25) is 0 Å². The van der Waals surface area contributed by atoms with Gasteiger partial charge in [-0.15, -0.1) is 0 Å². The largest absolute Gasteiger partial charge is 0.480 e. The molecule has 1 rings (SSSR count). The van der Waals surface area contributed by atoms with Crippen LogP contribution in [0.25, 0.3) is 0 Å². The molecule has 15 heavy (non-hydrogen) atoms. The Balaban J connectivity index is 2.44. The van der Waals surface area contributed by atoms with E-state index in [9.17, 15) is 9.59 Å². The van der Waals surface area contributed by atoms with Crippen molar-refractivity contribution in [3.63, 3.8) is 0 Å². The van der Waals surface area contributed by atoms with Crippen molar-refractivity contribution in [2.75, 3.05) is 0 Å². The summed E-state index contributed by atoms with van der Waals surface area (Å²) in [6.07, 6.45) is 1.92. The first-order valence-corrected chi connectivity index (χ1v) is 5.15. The van der Waals surface area contributed by atoms with E-state index in [4.69, 9.17) is 5.11 Å². The standard InChI is InChI=1S/C10H18N2O3/c1-6(2)7(8(13)14)11-9(15)12-10(3)4-5-10/h6-7H,4-5H2,1-3H3,(H,13,14)(H2,11,12,15)/t7-/m1/s1. The van der Waals surface area contributed by atoms with Crippen LogP contribution in [0.1, 0.15) is 33.6 Å². The highest BCUT2D eigenvalue weighted by atomic mass is 16.4. The zero-order valence-corrected chi connectivity index (χ0v) is 9.33. The highest BCUT2D eigenvalue weighted by molar-refractivity contribution is 5.83. The molecule has 1 saturated carbocycles. The van der Waals surface area contributed by atoms with Crippen LogP contribution in [0.5, 0.6) is 0 Å². The van der Waals surface area contributed by atoms with Crippen molar-refractivity contribution < 1.29 is 14.7 Å². The zero-order valence-electron chi connectivity index (χ0n) is 9.33. The summed E-state index contributed by atoms with van der Waals surface area (Å²) in [5, 5.41) is 14.1. The van der Waals surface area contributed by atoms with Gasteiger partial charge in [-0.1, -0.05) is 13.8 Å². The average molecular weight is 214 g/mol. The van der Waals surface area contributed by atoms with E-state index in [1.807, 2.05) is 6.92 Å². The summed E-state index contributed by atoms with van der Waals surface area (Å²) >= 11 is 0. The van der Waals surface area contributed by atoms with Gasteiger partial charge in [-0.05, 0) is 25.7 Å². The molecule has 0 aliphatic heterocycles. The van der Waals surface area contributed by atoms with Gasteiger partial charge in [-0.3, -0.25) is 0 Å². The fourth-order valence-corrected chi connectivity index (χ4v) is 1.28. The Bertz CT molecular complexity index is 272. The van der Waals surface area contributed by atoms with Gasteiger partial charge in [0.05, 0.1) is 0 Å². The van der Waals surface area contributed by atoms with Crippen LogP contribution in [0.4, 0.5) is 4.79 Å². The summed E-state index contributed by atoms with van der Waals surface area (Å²) in [4.78, 5) is 22.2. The predicted molar refractivity (Wildman–Crippen MR) is 55.6 cm³/mol. The van der Waals surface area contributed by atoms with Gasteiger partial charge >= 0.3 is 12.0 Å². The number of urea groups is 1. The van der Waals surface area contributed by atoms with Crippen LogP contribution in [0, 0.1) is 5.92 Å². The summed E-state index contributed by atoms with van der Waals surface area (Å²) < 4.78 is 0. The number of carbonyl (C=O) groups excluding carboxylic acids is 1. The molecule has 86 valence electrons. The number of hydrogen-bond donors (Lipinski definition) is 3. The molecule has 0 heterocycles. The third-order valence-corrected chi connectivity index (χ3v) is 2.63. The molecule has 2 amide bonds. The minimum absolute atomic E-state index is 0.121. The summed E-state index contributed by atoms with van der Waals surface area (Å²) in [5.74, 6) is -1.12. The quantitative estimate of drug-likeness (QED) is 0.652. The first-order chi connectivity index (χ1) is 6.84. The molecule has 3 N–H and O–H groups in total. The molecule has 5 nitrogen and oxygen atoms in total. The van der Waals surface area contributed by atoms with Crippen molar-refractivity contribution in [1.82, 2.24) is 10.6 Å². The van der Waals surface area contributed by atoms with Gasteiger partial charge in [0.2, 0.25) is 0 Å². The molecule has 1 aliphatic rings. The van der Waals surface area contributed by atoms with Gasteiger partial charge in [0.1, 0.15) is 6.04 Å². The molecule has 5 heteroatoms. The molecular weight excluding hydrogens is 196 g/mol. The fourth-order valence-electron chi connectivity index (χ4n) is 1.28.